The molecular formula is C12H22N4O3S. The molecule has 1 rings (SSSR count). The monoisotopic (exact) mass is 302 g/mol. The number of rotatable bonds is 7. The lowest BCUT2D eigenvalue weighted by Gasteiger charge is -2.21. The highest BCUT2D eigenvalue weighted by Crippen LogP contribution is 1.95. The van der Waals surface area contributed by atoms with Gasteiger partial charge in [0.05, 0.1) is 12.3 Å². The van der Waals surface area contributed by atoms with Crippen molar-refractivity contribution in [3.63, 3.8) is 0 Å². The van der Waals surface area contributed by atoms with Crippen molar-refractivity contribution in [2.24, 2.45) is 0 Å². The third-order valence-corrected chi connectivity index (χ3v) is 4.60. The molecule has 0 radical (unpaired) electrons. The van der Waals surface area contributed by atoms with Gasteiger partial charge in [-0.25, -0.2) is 13.2 Å². The molecule has 1 aromatic heterocycles. The molecule has 8 heteroatoms. The van der Waals surface area contributed by atoms with Gasteiger partial charge in [-0.1, -0.05) is 6.92 Å². The molecule has 0 unspecified atom stereocenters. The van der Waals surface area contributed by atoms with Crippen molar-refractivity contribution in [3.05, 3.63) is 18.5 Å². The average Bonchev–Trinajstić information content (AvgIpc) is 2.88. The topological polar surface area (TPSA) is 84.3 Å². The van der Waals surface area contributed by atoms with Crippen LogP contribution in [0.4, 0.5) is 4.79 Å². The van der Waals surface area contributed by atoms with E-state index in [2.05, 4.69) is 10.4 Å². The predicted octanol–water partition coefficient (Wildman–Crippen LogP) is 0.348. The Hall–Kier alpha value is -1.57. The number of urea groups is 1. The van der Waals surface area contributed by atoms with Gasteiger partial charge in [-0.3, -0.25) is 4.68 Å². The highest BCUT2D eigenvalue weighted by atomic mass is 32.2. The average molecular weight is 302 g/mol. The van der Waals surface area contributed by atoms with E-state index < -0.39 is 9.84 Å². The van der Waals surface area contributed by atoms with Crippen LogP contribution in [0.2, 0.25) is 0 Å². The first-order valence-electron chi connectivity index (χ1n) is 6.53. The summed E-state index contributed by atoms with van der Waals surface area (Å²) in [5.41, 5.74) is 0. The molecule has 7 nitrogen and oxygen atoms in total. The standard InChI is InChI=1S/C12H22N4O3S/c1-4-20(18,19)9-8-15(3)12(17)14-11(2)10-16-7-5-6-13-16/h5-7,11H,4,8-10H2,1-3H3,(H,14,17)/t11-/m1/s1. The quantitative estimate of drug-likeness (QED) is 0.787. The van der Waals surface area contributed by atoms with Crippen LogP contribution in [0.1, 0.15) is 13.8 Å². The molecule has 0 aliphatic heterocycles. The van der Waals surface area contributed by atoms with E-state index in [4.69, 9.17) is 0 Å². The number of hydrogen-bond acceptors (Lipinski definition) is 4. The number of sulfone groups is 1. The van der Waals surface area contributed by atoms with Crippen molar-refractivity contribution in [1.29, 1.82) is 0 Å². The molecule has 0 fully saturated rings. The highest BCUT2D eigenvalue weighted by Gasteiger charge is 2.15. The van der Waals surface area contributed by atoms with Crippen LogP contribution >= 0.6 is 0 Å². The number of carbonyl (C=O) groups excluding carboxylic acids is 1. The maximum Gasteiger partial charge on any atom is 0.317 e. The number of amides is 2. The van der Waals surface area contributed by atoms with E-state index in [0.29, 0.717) is 6.54 Å². The number of hydrogen-bond donors (Lipinski definition) is 1. The summed E-state index contributed by atoms with van der Waals surface area (Å²) in [7, 11) is -1.47. The SMILES string of the molecule is CCS(=O)(=O)CCN(C)C(=O)N[C@H](C)Cn1cccn1. The molecule has 114 valence electrons. The third kappa shape index (κ3) is 5.60. The van der Waals surface area contributed by atoms with Crippen LogP contribution in [-0.2, 0) is 16.4 Å². The lowest BCUT2D eigenvalue weighted by molar-refractivity contribution is 0.206. The maximum absolute atomic E-state index is 11.9. The Morgan fingerprint density at radius 1 is 1.50 bits per heavy atom. The van der Waals surface area contributed by atoms with Gasteiger partial charge >= 0.3 is 6.03 Å². The zero-order chi connectivity index (χ0) is 15.2. The van der Waals surface area contributed by atoms with E-state index in [1.807, 2.05) is 19.2 Å². The molecule has 0 spiro atoms. The summed E-state index contributed by atoms with van der Waals surface area (Å²) in [5.74, 6) is 0.0825. The molecule has 20 heavy (non-hydrogen) atoms. The Labute approximate surface area is 119 Å². The Balaban J connectivity index is 2.37. The number of aromatic nitrogens is 2. The summed E-state index contributed by atoms with van der Waals surface area (Å²) < 4.78 is 24.5. The fourth-order valence-electron chi connectivity index (χ4n) is 1.58. The molecule has 0 saturated heterocycles. The first-order valence-corrected chi connectivity index (χ1v) is 8.35. The third-order valence-electron chi connectivity index (χ3n) is 2.91. The summed E-state index contributed by atoms with van der Waals surface area (Å²) in [5, 5.41) is 6.86. The summed E-state index contributed by atoms with van der Waals surface area (Å²) in [6.45, 7) is 4.23. The second-order valence-corrected chi connectivity index (χ2v) is 7.21. The molecule has 1 N–H and O–H groups in total. The summed E-state index contributed by atoms with van der Waals surface area (Å²) in [6, 6.07) is 1.44. The van der Waals surface area contributed by atoms with Crippen LogP contribution in [0, 0.1) is 0 Å². The van der Waals surface area contributed by atoms with Gasteiger partial charge in [0.25, 0.3) is 0 Å². The molecule has 0 aliphatic rings. The molecule has 2 amide bonds. The maximum atomic E-state index is 11.9. The molecule has 0 aromatic carbocycles. The van der Waals surface area contributed by atoms with Crippen LogP contribution in [0.15, 0.2) is 18.5 Å². The van der Waals surface area contributed by atoms with Gasteiger partial charge in [0.1, 0.15) is 0 Å². The van der Waals surface area contributed by atoms with Gasteiger partial charge in [-0.2, -0.15) is 5.10 Å². The molecular weight excluding hydrogens is 280 g/mol. The molecule has 1 aromatic rings. The molecule has 1 atom stereocenters. The van der Waals surface area contributed by atoms with Crippen molar-refractivity contribution < 1.29 is 13.2 Å². The van der Waals surface area contributed by atoms with Gasteiger partial charge in [0.2, 0.25) is 0 Å². The zero-order valence-electron chi connectivity index (χ0n) is 12.1. The zero-order valence-corrected chi connectivity index (χ0v) is 12.9. The number of nitrogens with zero attached hydrogens (tertiary/aromatic N) is 3. The van der Waals surface area contributed by atoms with Crippen molar-refractivity contribution in [3.8, 4) is 0 Å². The minimum Gasteiger partial charge on any atom is -0.334 e. The minimum absolute atomic E-state index is 0.0129. The summed E-state index contributed by atoms with van der Waals surface area (Å²) in [4.78, 5) is 13.3. The second-order valence-electron chi connectivity index (χ2n) is 4.74. The van der Waals surface area contributed by atoms with Crippen LogP contribution in [-0.4, -0.2) is 60.3 Å². The summed E-state index contributed by atoms with van der Waals surface area (Å²) >= 11 is 0. The predicted molar refractivity (Wildman–Crippen MR) is 77.2 cm³/mol. The minimum atomic E-state index is -3.05. The van der Waals surface area contributed by atoms with Crippen molar-refractivity contribution >= 4 is 15.9 Å². The van der Waals surface area contributed by atoms with E-state index in [9.17, 15) is 13.2 Å². The molecule has 0 saturated carbocycles. The lowest BCUT2D eigenvalue weighted by atomic mass is 10.3. The number of carbonyl (C=O) groups is 1. The van der Waals surface area contributed by atoms with Gasteiger partial charge < -0.3 is 10.2 Å². The summed E-state index contributed by atoms with van der Waals surface area (Å²) in [6.07, 6.45) is 3.50. The smallest absolute Gasteiger partial charge is 0.317 e. The first kappa shape index (κ1) is 16.5. The van der Waals surface area contributed by atoms with E-state index in [-0.39, 0.29) is 30.1 Å². The Morgan fingerprint density at radius 3 is 2.75 bits per heavy atom. The normalized spacial score (nSPS) is 12.9. The van der Waals surface area contributed by atoms with E-state index >= 15 is 0 Å². The lowest BCUT2D eigenvalue weighted by Crippen LogP contribution is -2.45. The Morgan fingerprint density at radius 2 is 2.20 bits per heavy atom. The first-order chi connectivity index (χ1) is 9.34. The van der Waals surface area contributed by atoms with Crippen molar-refractivity contribution in [2.45, 2.75) is 26.4 Å². The Bertz CT molecular complexity index is 513. The van der Waals surface area contributed by atoms with Gasteiger partial charge in [0.15, 0.2) is 9.84 Å². The Kier molecular flexibility index (Phi) is 6.00. The molecule has 1 heterocycles. The van der Waals surface area contributed by atoms with E-state index in [1.54, 1.807) is 24.9 Å². The van der Waals surface area contributed by atoms with Gasteiger partial charge in [-0.05, 0) is 13.0 Å². The fourth-order valence-corrected chi connectivity index (χ4v) is 2.42. The van der Waals surface area contributed by atoms with Crippen molar-refractivity contribution in [2.75, 3.05) is 25.1 Å². The molecule has 0 bridgehead atoms. The van der Waals surface area contributed by atoms with E-state index in [0.717, 1.165) is 0 Å². The van der Waals surface area contributed by atoms with Crippen molar-refractivity contribution in [1.82, 2.24) is 20.0 Å². The molecule has 0 aliphatic carbocycles. The van der Waals surface area contributed by atoms with E-state index in [1.165, 1.54) is 4.90 Å². The fraction of sp³-hybridized carbons (Fsp3) is 0.667. The van der Waals surface area contributed by atoms with Gasteiger partial charge in [-0.15, -0.1) is 0 Å². The van der Waals surface area contributed by atoms with Gasteiger partial charge in [0, 0.05) is 37.8 Å². The largest absolute Gasteiger partial charge is 0.334 e. The van der Waals surface area contributed by atoms with Crippen LogP contribution in [0.3, 0.4) is 0 Å². The number of nitrogens with one attached hydrogen (secondary N) is 1. The highest BCUT2D eigenvalue weighted by molar-refractivity contribution is 7.91. The second kappa shape index (κ2) is 7.28. The van der Waals surface area contributed by atoms with Crippen LogP contribution in [0.25, 0.3) is 0 Å². The van der Waals surface area contributed by atoms with Crippen LogP contribution in [0.5, 0.6) is 0 Å². The van der Waals surface area contributed by atoms with Crippen LogP contribution < -0.4 is 5.32 Å².